The lowest BCUT2D eigenvalue weighted by Gasteiger charge is -2.19. The van der Waals surface area contributed by atoms with E-state index in [0.29, 0.717) is 6.04 Å². The fourth-order valence-corrected chi connectivity index (χ4v) is 2.48. The standard InChI is InChI=1S/C16H29NO/c1-6-8-9-15(7-2)11-17-13(4)16-10-12(3)18-14(16)5/h10,13,15,17H,6-9,11H2,1-5H3. The van der Waals surface area contributed by atoms with E-state index in [0.717, 1.165) is 24.0 Å². The largest absolute Gasteiger partial charge is 0.466 e. The maximum Gasteiger partial charge on any atom is 0.105 e. The van der Waals surface area contributed by atoms with Gasteiger partial charge >= 0.3 is 0 Å². The number of hydrogen-bond acceptors (Lipinski definition) is 2. The number of aryl methyl sites for hydroxylation is 2. The molecule has 0 saturated carbocycles. The highest BCUT2D eigenvalue weighted by atomic mass is 16.3. The summed E-state index contributed by atoms with van der Waals surface area (Å²) in [6.07, 6.45) is 5.25. The highest BCUT2D eigenvalue weighted by Crippen LogP contribution is 2.22. The lowest BCUT2D eigenvalue weighted by Crippen LogP contribution is -2.25. The van der Waals surface area contributed by atoms with Crippen LogP contribution in [0.3, 0.4) is 0 Å². The maximum atomic E-state index is 5.59. The third-order valence-electron chi connectivity index (χ3n) is 3.80. The predicted octanol–water partition coefficient (Wildman–Crippen LogP) is 4.76. The van der Waals surface area contributed by atoms with Crippen molar-refractivity contribution < 1.29 is 4.42 Å². The van der Waals surface area contributed by atoms with Crippen LogP contribution in [-0.2, 0) is 0 Å². The van der Waals surface area contributed by atoms with Crippen LogP contribution in [0.15, 0.2) is 10.5 Å². The van der Waals surface area contributed by atoms with E-state index in [1.54, 1.807) is 0 Å². The van der Waals surface area contributed by atoms with Crippen LogP contribution in [0.5, 0.6) is 0 Å². The Morgan fingerprint density at radius 3 is 2.50 bits per heavy atom. The molecule has 0 fully saturated rings. The van der Waals surface area contributed by atoms with Gasteiger partial charge in [0.25, 0.3) is 0 Å². The lowest BCUT2D eigenvalue weighted by molar-refractivity contribution is 0.396. The monoisotopic (exact) mass is 251 g/mol. The number of nitrogens with one attached hydrogen (secondary N) is 1. The van der Waals surface area contributed by atoms with Crippen molar-refractivity contribution >= 4 is 0 Å². The minimum atomic E-state index is 0.387. The third kappa shape index (κ3) is 4.49. The smallest absolute Gasteiger partial charge is 0.105 e. The van der Waals surface area contributed by atoms with Crippen LogP contribution in [0.25, 0.3) is 0 Å². The van der Waals surface area contributed by atoms with E-state index in [2.05, 4.69) is 39.1 Å². The van der Waals surface area contributed by atoms with Gasteiger partial charge in [-0.15, -0.1) is 0 Å². The molecule has 0 radical (unpaired) electrons. The Bertz CT molecular complexity index is 343. The first-order chi connectivity index (χ1) is 8.58. The summed E-state index contributed by atoms with van der Waals surface area (Å²) >= 11 is 0. The molecule has 0 aliphatic heterocycles. The van der Waals surface area contributed by atoms with Crippen molar-refractivity contribution in [2.75, 3.05) is 6.54 Å². The average molecular weight is 251 g/mol. The molecule has 2 nitrogen and oxygen atoms in total. The van der Waals surface area contributed by atoms with Gasteiger partial charge in [-0.25, -0.2) is 0 Å². The van der Waals surface area contributed by atoms with Gasteiger partial charge in [-0.3, -0.25) is 0 Å². The quantitative estimate of drug-likeness (QED) is 0.720. The van der Waals surface area contributed by atoms with Crippen LogP contribution < -0.4 is 5.32 Å². The van der Waals surface area contributed by atoms with E-state index >= 15 is 0 Å². The van der Waals surface area contributed by atoms with Crippen molar-refractivity contribution in [2.45, 2.75) is 66.3 Å². The van der Waals surface area contributed by atoms with E-state index in [1.165, 1.54) is 31.2 Å². The van der Waals surface area contributed by atoms with Crippen LogP contribution in [0.1, 0.15) is 69.6 Å². The lowest BCUT2D eigenvalue weighted by atomic mass is 9.98. The third-order valence-corrected chi connectivity index (χ3v) is 3.80. The summed E-state index contributed by atoms with van der Waals surface area (Å²) in [5.74, 6) is 2.86. The van der Waals surface area contributed by atoms with Crippen LogP contribution in [-0.4, -0.2) is 6.54 Å². The zero-order valence-electron chi connectivity index (χ0n) is 12.7. The molecule has 0 saturated heterocycles. The van der Waals surface area contributed by atoms with Crippen LogP contribution in [0, 0.1) is 19.8 Å². The molecule has 1 N–H and O–H groups in total. The molecular formula is C16H29NO. The topological polar surface area (TPSA) is 25.2 Å². The van der Waals surface area contributed by atoms with Gasteiger partial charge < -0.3 is 9.73 Å². The Morgan fingerprint density at radius 1 is 1.28 bits per heavy atom. The van der Waals surface area contributed by atoms with Crippen LogP contribution in [0.4, 0.5) is 0 Å². The zero-order valence-corrected chi connectivity index (χ0v) is 12.7. The highest BCUT2D eigenvalue weighted by molar-refractivity contribution is 5.23. The second-order valence-corrected chi connectivity index (χ2v) is 5.42. The molecule has 0 amide bonds. The van der Waals surface area contributed by atoms with Gasteiger partial charge in [-0.1, -0.05) is 33.1 Å². The number of rotatable bonds is 8. The average Bonchev–Trinajstić information content (AvgIpc) is 2.68. The summed E-state index contributed by atoms with van der Waals surface area (Å²) in [6.45, 7) is 12.0. The summed E-state index contributed by atoms with van der Waals surface area (Å²) in [7, 11) is 0. The molecule has 0 bridgehead atoms. The molecule has 1 aromatic heterocycles. The summed E-state index contributed by atoms with van der Waals surface area (Å²) < 4.78 is 5.59. The van der Waals surface area contributed by atoms with Gasteiger partial charge in [-0.2, -0.15) is 0 Å². The van der Waals surface area contributed by atoms with E-state index in [4.69, 9.17) is 4.42 Å². The Hall–Kier alpha value is -0.760. The van der Waals surface area contributed by atoms with Crippen molar-refractivity contribution in [3.05, 3.63) is 23.2 Å². The minimum absolute atomic E-state index is 0.387. The molecule has 2 unspecified atom stereocenters. The van der Waals surface area contributed by atoms with E-state index in [1.807, 2.05) is 6.92 Å². The van der Waals surface area contributed by atoms with E-state index in [9.17, 15) is 0 Å². The number of unbranched alkanes of at least 4 members (excludes halogenated alkanes) is 1. The van der Waals surface area contributed by atoms with E-state index < -0.39 is 0 Å². The number of furan rings is 1. The highest BCUT2D eigenvalue weighted by Gasteiger charge is 2.14. The summed E-state index contributed by atoms with van der Waals surface area (Å²) in [5, 5.41) is 3.65. The molecule has 104 valence electrons. The fourth-order valence-electron chi connectivity index (χ4n) is 2.48. The number of hydrogen-bond donors (Lipinski definition) is 1. The first-order valence-electron chi connectivity index (χ1n) is 7.38. The molecule has 0 aromatic carbocycles. The molecule has 0 aliphatic carbocycles. The van der Waals surface area contributed by atoms with E-state index in [-0.39, 0.29) is 0 Å². The Balaban J connectivity index is 2.44. The summed E-state index contributed by atoms with van der Waals surface area (Å²) in [4.78, 5) is 0. The normalized spacial score (nSPS) is 14.7. The van der Waals surface area contributed by atoms with Crippen molar-refractivity contribution in [1.29, 1.82) is 0 Å². The molecule has 0 spiro atoms. The SMILES string of the molecule is CCCCC(CC)CNC(C)c1cc(C)oc1C. The summed E-state index contributed by atoms with van der Waals surface area (Å²) in [6, 6.07) is 2.54. The molecule has 1 rings (SSSR count). The Kier molecular flexibility index (Phi) is 6.48. The molecule has 1 aromatic rings. The van der Waals surface area contributed by atoms with Gasteiger partial charge in [0.15, 0.2) is 0 Å². The summed E-state index contributed by atoms with van der Waals surface area (Å²) in [5.41, 5.74) is 1.30. The first-order valence-corrected chi connectivity index (χ1v) is 7.38. The van der Waals surface area contributed by atoms with Gasteiger partial charge in [-0.05, 0) is 45.7 Å². The molecule has 2 heteroatoms. The predicted molar refractivity (Wildman–Crippen MR) is 77.9 cm³/mol. The van der Waals surface area contributed by atoms with Gasteiger partial charge in [0, 0.05) is 11.6 Å². The molecule has 0 aliphatic rings. The zero-order chi connectivity index (χ0) is 13.5. The molecule has 18 heavy (non-hydrogen) atoms. The van der Waals surface area contributed by atoms with Gasteiger partial charge in [0.05, 0.1) is 0 Å². The Labute approximate surface area is 112 Å². The minimum Gasteiger partial charge on any atom is -0.466 e. The maximum absolute atomic E-state index is 5.59. The molecule has 2 atom stereocenters. The van der Waals surface area contributed by atoms with Crippen LogP contribution in [0.2, 0.25) is 0 Å². The van der Waals surface area contributed by atoms with Crippen LogP contribution >= 0.6 is 0 Å². The second kappa shape index (κ2) is 7.63. The second-order valence-electron chi connectivity index (χ2n) is 5.42. The molecule has 1 heterocycles. The van der Waals surface area contributed by atoms with Crippen molar-refractivity contribution in [3.8, 4) is 0 Å². The van der Waals surface area contributed by atoms with Crippen molar-refractivity contribution in [1.82, 2.24) is 5.32 Å². The Morgan fingerprint density at radius 2 is 2.00 bits per heavy atom. The molecular weight excluding hydrogens is 222 g/mol. The van der Waals surface area contributed by atoms with Gasteiger partial charge in [0.2, 0.25) is 0 Å². The van der Waals surface area contributed by atoms with Crippen molar-refractivity contribution in [3.63, 3.8) is 0 Å². The van der Waals surface area contributed by atoms with Gasteiger partial charge in [0.1, 0.15) is 11.5 Å². The first kappa shape index (κ1) is 15.3. The fraction of sp³-hybridized carbons (Fsp3) is 0.750. The van der Waals surface area contributed by atoms with Crippen molar-refractivity contribution in [2.24, 2.45) is 5.92 Å².